The van der Waals surface area contributed by atoms with E-state index in [0.29, 0.717) is 27.7 Å². The normalized spacial score (nSPS) is 10.2. The Kier molecular flexibility index (Phi) is 5.52. The summed E-state index contributed by atoms with van der Waals surface area (Å²) in [5, 5.41) is 2.68. The number of rotatable bonds is 5. The highest BCUT2D eigenvalue weighted by molar-refractivity contribution is 7.18. The second kappa shape index (κ2) is 7.39. The van der Waals surface area contributed by atoms with Gasteiger partial charge in [-0.3, -0.25) is 14.4 Å². The van der Waals surface area contributed by atoms with Gasteiger partial charge in [-0.25, -0.2) is 0 Å². The van der Waals surface area contributed by atoms with Crippen LogP contribution in [0.1, 0.15) is 37.3 Å². The van der Waals surface area contributed by atoms with Gasteiger partial charge in [-0.1, -0.05) is 23.7 Å². The third-order valence-corrected chi connectivity index (χ3v) is 4.53. The maximum absolute atomic E-state index is 12.5. The van der Waals surface area contributed by atoms with Gasteiger partial charge in [-0.2, -0.15) is 0 Å². The number of aldehydes is 1. The van der Waals surface area contributed by atoms with Crippen molar-refractivity contribution < 1.29 is 14.4 Å². The quantitative estimate of drug-likeness (QED) is 0.838. The third kappa shape index (κ3) is 3.78. The summed E-state index contributed by atoms with van der Waals surface area (Å²) in [6.45, 7) is 2.31. The molecular weight excluding hydrogens is 336 g/mol. The second-order valence-electron chi connectivity index (χ2n) is 4.76. The molecule has 0 saturated heterocycles. The summed E-state index contributed by atoms with van der Waals surface area (Å²) >= 11 is 6.97. The van der Waals surface area contributed by atoms with E-state index in [1.54, 1.807) is 37.4 Å². The van der Waals surface area contributed by atoms with Crippen LogP contribution in [0.15, 0.2) is 30.3 Å². The van der Waals surface area contributed by atoms with E-state index in [0.717, 1.165) is 11.3 Å². The van der Waals surface area contributed by atoms with Crippen LogP contribution in [0.3, 0.4) is 0 Å². The van der Waals surface area contributed by atoms with E-state index in [2.05, 4.69) is 5.32 Å². The van der Waals surface area contributed by atoms with Crippen molar-refractivity contribution in [2.75, 3.05) is 18.9 Å². The van der Waals surface area contributed by atoms with Crippen LogP contribution < -0.4 is 5.32 Å². The van der Waals surface area contributed by atoms with E-state index in [-0.39, 0.29) is 22.9 Å². The largest absolute Gasteiger partial charge is 0.342 e. The van der Waals surface area contributed by atoms with Crippen molar-refractivity contribution in [2.45, 2.75) is 6.92 Å². The molecule has 2 aromatic rings. The molecule has 1 heterocycles. The Morgan fingerprint density at radius 2 is 2.04 bits per heavy atom. The fraction of sp³-hybridized carbons (Fsp3) is 0.188. The van der Waals surface area contributed by atoms with Crippen molar-refractivity contribution in [1.82, 2.24) is 4.90 Å². The van der Waals surface area contributed by atoms with Crippen LogP contribution in [0, 0.1) is 0 Å². The van der Waals surface area contributed by atoms with Gasteiger partial charge in [0.2, 0.25) is 0 Å². The lowest BCUT2D eigenvalue weighted by Crippen LogP contribution is -2.28. The van der Waals surface area contributed by atoms with Crippen molar-refractivity contribution >= 4 is 46.7 Å². The highest BCUT2D eigenvalue weighted by Crippen LogP contribution is 2.25. The number of amides is 2. The molecular formula is C16H15ClN2O3S. The van der Waals surface area contributed by atoms with Gasteiger partial charge in [0.05, 0.1) is 20.5 Å². The summed E-state index contributed by atoms with van der Waals surface area (Å²) in [6, 6.07) is 7.98. The van der Waals surface area contributed by atoms with Crippen molar-refractivity contribution in [3.05, 3.63) is 50.7 Å². The second-order valence-corrected chi connectivity index (χ2v) is 6.48. The summed E-state index contributed by atoms with van der Waals surface area (Å²) in [7, 11) is 1.63. The van der Waals surface area contributed by atoms with Crippen molar-refractivity contribution in [1.29, 1.82) is 0 Å². The SMILES string of the molecule is CCN(C)C(=O)c1c(C=O)cccc1NC(=O)c1ccc(Cl)s1. The predicted octanol–water partition coefficient (Wildman–Crippen LogP) is 3.56. The summed E-state index contributed by atoms with van der Waals surface area (Å²) in [5.74, 6) is -0.701. The Bertz CT molecular complexity index is 758. The number of anilines is 1. The number of hydrogen-bond donors (Lipinski definition) is 1. The van der Waals surface area contributed by atoms with Crippen LogP contribution in [0.25, 0.3) is 0 Å². The van der Waals surface area contributed by atoms with Gasteiger partial charge in [-0.15, -0.1) is 11.3 Å². The molecule has 0 saturated carbocycles. The number of carbonyl (C=O) groups excluding carboxylic acids is 3. The summed E-state index contributed by atoms with van der Waals surface area (Å²) in [6.07, 6.45) is 0.606. The number of hydrogen-bond acceptors (Lipinski definition) is 4. The first-order valence-corrected chi connectivity index (χ1v) is 8.07. The highest BCUT2D eigenvalue weighted by Gasteiger charge is 2.21. The molecule has 0 aliphatic rings. The molecule has 23 heavy (non-hydrogen) atoms. The fourth-order valence-corrected chi connectivity index (χ4v) is 2.90. The van der Waals surface area contributed by atoms with Crippen molar-refractivity contribution in [3.63, 3.8) is 0 Å². The lowest BCUT2D eigenvalue weighted by atomic mass is 10.0. The number of carbonyl (C=O) groups is 3. The summed E-state index contributed by atoms with van der Waals surface area (Å²) < 4.78 is 0.499. The molecule has 0 unspecified atom stereocenters. The molecule has 5 nitrogen and oxygen atoms in total. The van der Waals surface area contributed by atoms with E-state index >= 15 is 0 Å². The topological polar surface area (TPSA) is 66.5 Å². The van der Waals surface area contributed by atoms with Crippen LogP contribution in [0.2, 0.25) is 4.34 Å². The summed E-state index contributed by atoms with van der Waals surface area (Å²) in [4.78, 5) is 37.9. The van der Waals surface area contributed by atoms with E-state index < -0.39 is 0 Å². The highest BCUT2D eigenvalue weighted by atomic mass is 35.5. The zero-order chi connectivity index (χ0) is 17.0. The van der Waals surface area contributed by atoms with Crippen LogP contribution in [0.5, 0.6) is 0 Å². The van der Waals surface area contributed by atoms with Gasteiger partial charge in [0, 0.05) is 19.2 Å². The van der Waals surface area contributed by atoms with Gasteiger partial charge in [-0.05, 0) is 25.1 Å². The van der Waals surface area contributed by atoms with Gasteiger partial charge in [0.15, 0.2) is 6.29 Å². The Morgan fingerprint density at radius 3 is 2.61 bits per heavy atom. The van der Waals surface area contributed by atoms with E-state index in [1.165, 1.54) is 4.90 Å². The molecule has 0 aliphatic heterocycles. The number of benzene rings is 1. The van der Waals surface area contributed by atoms with E-state index in [9.17, 15) is 14.4 Å². The number of nitrogens with zero attached hydrogens (tertiary/aromatic N) is 1. The number of thiophene rings is 1. The molecule has 2 amide bonds. The molecule has 0 fully saturated rings. The van der Waals surface area contributed by atoms with Gasteiger partial charge in [0.25, 0.3) is 11.8 Å². The zero-order valence-electron chi connectivity index (χ0n) is 12.6. The van der Waals surface area contributed by atoms with Crippen molar-refractivity contribution in [2.24, 2.45) is 0 Å². The monoisotopic (exact) mass is 350 g/mol. The molecule has 0 spiro atoms. The Morgan fingerprint density at radius 1 is 1.30 bits per heavy atom. The zero-order valence-corrected chi connectivity index (χ0v) is 14.2. The first-order chi connectivity index (χ1) is 11.0. The fourth-order valence-electron chi connectivity index (χ4n) is 1.97. The van der Waals surface area contributed by atoms with Gasteiger partial charge >= 0.3 is 0 Å². The van der Waals surface area contributed by atoms with Crippen LogP contribution in [-0.2, 0) is 0 Å². The van der Waals surface area contributed by atoms with Crippen LogP contribution in [-0.4, -0.2) is 36.6 Å². The predicted molar refractivity (Wildman–Crippen MR) is 91.7 cm³/mol. The van der Waals surface area contributed by atoms with Crippen LogP contribution in [0.4, 0.5) is 5.69 Å². The minimum absolute atomic E-state index is 0.183. The standard InChI is InChI=1S/C16H15ClN2O3S/c1-3-19(2)16(22)14-10(9-20)5-4-6-11(14)18-15(21)12-7-8-13(17)23-12/h4-9H,3H2,1-2H3,(H,18,21). The Balaban J connectivity index is 2.40. The molecule has 0 bridgehead atoms. The van der Waals surface area contributed by atoms with E-state index in [1.807, 2.05) is 6.92 Å². The minimum Gasteiger partial charge on any atom is -0.342 e. The maximum atomic E-state index is 12.5. The van der Waals surface area contributed by atoms with Gasteiger partial charge < -0.3 is 10.2 Å². The molecule has 1 N–H and O–H groups in total. The average Bonchev–Trinajstić information content (AvgIpc) is 2.99. The summed E-state index contributed by atoms with van der Waals surface area (Å²) in [5.41, 5.74) is 0.717. The molecule has 2 rings (SSSR count). The first kappa shape index (κ1) is 17.2. The van der Waals surface area contributed by atoms with Crippen molar-refractivity contribution in [3.8, 4) is 0 Å². The molecule has 7 heteroatoms. The smallest absolute Gasteiger partial charge is 0.265 e. The molecule has 0 aliphatic carbocycles. The molecule has 1 aromatic heterocycles. The molecule has 120 valence electrons. The van der Waals surface area contributed by atoms with Gasteiger partial charge in [0.1, 0.15) is 0 Å². The first-order valence-electron chi connectivity index (χ1n) is 6.88. The van der Waals surface area contributed by atoms with E-state index in [4.69, 9.17) is 11.6 Å². The minimum atomic E-state index is -0.377. The Hall–Kier alpha value is -2.18. The molecule has 0 radical (unpaired) electrons. The number of nitrogens with one attached hydrogen (secondary N) is 1. The average molecular weight is 351 g/mol. The third-order valence-electron chi connectivity index (χ3n) is 3.30. The lowest BCUT2D eigenvalue weighted by Gasteiger charge is -2.18. The molecule has 0 atom stereocenters. The lowest BCUT2D eigenvalue weighted by molar-refractivity contribution is 0.0800. The number of halogens is 1. The Labute approximate surface area is 142 Å². The molecule has 1 aromatic carbocycles. The van der Waals surface area contributed by atoms with Crippen LogP contribution >= 0.6 is 22.9 Å². The maximum Gasteiger partial charge on any atom is 0.265 e.